The van der Waals surface area contributed by atoms with Crippen molar-refractivity contribution in [3.05, 3.63) is 169 Å². The minimum Gasteiger partial charge on any atom is -0.454 e. The molecule has 7 aromatic carbocycles. The molecular weight excluding hydrogens is 597 g/mol. The standard InChI is InChI=1S/C46H36N2O/c1-46(2,3)39-30-32(31-15-13-18-34(29-31)48-40-23-10-7-19-35(40)36-20-8-11-24-41(36)48)27-28-42(39)47(33-16-5-4-6-17-33)43-25-14-22-38-37-21-9-12-26-44(37)49-45(38)43/h4-30H,1-3H3. The van der Waals surface area contributed by atoms with Crippen molar-refractivity contribution in [2.75, 3.05) is 4.90 Å². The highest BCUT2D eigenvalue weighted by atomic mass is 16.3. The van der Waals surface area contributed by atoms with Crippen molar-refractivity contribution in [2.45, 2.75) is 26.2 Å². The van der Waals surface area contributed by atoms with Crippen LogP contribution in [0.15, 0.2) is 168 Å². The van der Waals surface area contributed by atoms with Crippen molar-refractivity contribution in [1.29, 1.82) is 0 Å². The van der Waals surface area contributed by atoms with Gasteiger partial charge < -0.3 is 13.9 Å². The number of rotatable bonds is 5. The van der Waals surface area contributed by atoms with Crippen LogP contribution in [0, 0.1) is 0 Å². The first-order valence-electron chi connectivity index (χ1n) is 16.9. The van der Waals surface area contributed by atoms with Gasteiger partial charge in [-0.25, -0.2) is 0 Å². The number of anilines is 3. The van der Waals surface area contributed by atoms with E-state index in [0.29, 0.717) is 0 Å². The number of fused-ring (bicyclic) bond motifs is 6. The normalized spacial score (nSPS) is 12.0. The Labute approximate surface area is 286 Å². The number of nitrogens with zero attached hydrogens (tertiary/aromatic N) is 2. The molecular formula is C46H36N2O. The zero-order valence-electron chi connectivity index (χ0n) is 27.9. The maximum Gasteiger partial charge on any atom is 0.159 e. The van der Waals surface area contributed by atoms with E-state index in [4.69, 9.17) is 4.42 Å². The van der Waals surface area contributed by atoms with Crippen molar-refractivity contribution in [3.63, 3.8) is 0 Å². The Hall–Kier alpha value is -6.06. The van der Waals surface area contributed by atoms with E-state index in [1.807, 2.05) is 6.07 Å². The number of aromatic nitrogens is 1. The van der Waals surface area contributed by atoms with Gasteiger partial charge >= 0.3 is 0 Å². The van der Waals surface area contributed by atoms with Gasteiger partial charge in [-0.15, -0.1) is 0 Å². The minimum absolute atomic E-state index is 0.148. The van der Waals surface area contributed by atoms with Gasteiger partial charge in [0.05, 0.1) is 22.4 Å². The lowest BCUT2D eigenvalue weighted by Crippen LogP contribution is -2.19. The number of para-hydroxylation sites is 5. The van der Waals surface area contributed by atoms with Gasteiger partial charge in [-0.2, -0.15) is 0 Å². The number of benzene rings is 7. The molecule has 9 rings (SSSR count). The van der Waals surface area contributed by atoms with Gasteiger partial charge in [0.1, 0.15) is 5.58 Å². The lowest BCUT2D eigenvalue weighted by Gasteiger charge is -2.32. The quantitative estimate of drug-likeness (QED) is 0.188. The Balaban J connectivity index is 1.23. The minimum atomic E-state index is -0.148. The second kappa shape index (κ2) is 11.3. The molecule has 0 radical (unpaired) electrons. The number of hydrogen-bond acceptors (Lipinski definition) is 2. The average molecular weight is 633 g/mol. The molecule has 0 saturated carbocycles. The second-order valence-corrected chi connectivity index (χ2v) is 13.8. The van der Waals surface area contributed by atoms with Crippen LogP contribution in [-0.2, 0) is 5.41 Å². The first kappa shape index (κ1) is 29.1. The predicted octanol–water partition coefficient (Wildman–Crippen LogP) is 13.1. The fourth-order valence-corrected chi connectivity index (χ4v) is 7.43. The third-order valence-electron chi connectivity index (χ3n) is 9.70. The van der Waals surface area contributed by atoms with Crippen molar-refractivity contribution in [3.8, 4) is 16.8 Å². The highest BCUT2D eigenvalue weighted by molar-refractivity contribution is 6.11. The highest BCUT2D eigenvalue weighted by Gasteiger charge is 2.26. The third kappa shape index (κ3) is 4.81. The van der Waals surface area contributed by atoms with Gasteiger partial charge in [0.15, 0.2) is 5.58 Å². The summed E-state index contributed by atoms with van der Waals surface area (Å²) < 4.78 is 8.98. The summed E-state index contributed by atoms with van der Waals surface area (Å²) in [6, 6.07) is 58.7. The molecule has 3 nitrogen and oxygen atoms in total. The summed E-state index contributed by atoms with van der Waals surface area (Å²) >= 11 is 0. The SMILES string of the molecule is CC(C)(C)c1cc(-c2cccc(-n3c4ccccc4c4ccccc43)c2)ccc1N(c1ccccc1)c1cccc2c1oc1ccccc12. The van der Waals surface area contributed by atoms with Crippen LogP contribution < -0.4 is 4.90 Å². The molecule has 0 saturated heterocycles. The summed E-state index contributed by atoms with van der Waals surface area (Å²) in [7, 11) is 0. The molecule has 0 aliphatic carbocycles. The van der Waals surface area contributed by atoms with Crippen molar-refractivity contribution in [2.24, 2.45) is 0 Å². The molecule has 0 spiro atoms. The largest absolute Gasteiger partial charge is 0.454 e. The molecule has 2 heterocycles. The van der Waals surface area contributed by atoms with Crippen LogP contribution >= 0.6 is 0 Å². The van der Waals surface area contributed by atoms with Crippen molar-refractivity contribution >= 4 is 60.8 Å². The maximum absolute atomic E-state index is 6.59. The van der Waals surface area contributed by atoms with E-state index in [1.165, 1.54) is 38.5 Å². The Morgan fingerprint density at radius 3 is 1.84 bits per heavy atom. The summed E-state index contributed by atoms with van der Waals surface area (Å²) in [4.78, 5) is 2.36. The van der Waals surface area contributed by atoms with Gasteiger partial charge in [-0.05, 0) is 82.8 Å². The fraction of sp³-hybridized carbons (Fsp3) is 0.0870. The Bertz CT molecular complexity index is 2600. The predicted molar refractivity (Wildman–Crippen MR) is 207 cm³/mol. The first-order valence-corrected chi connectivity index (χ1v) is 16.9. The van der Waals surface area contributed by atoms with E-state index in [2.05, 4.69) is 188 Å². The van der Waals surface area contributed by atoms with E-state index in [1.54, 1.807) is 0 Å². The van der Waals surface area contributed by atoms with Crippen LogP contribution in [0.3, 0.4) is 0 Å². The lowest BCUT2D eigenvalue weighted by atomic mass is 9.83. The molecule has 9 aromatic rings. The van der Waals surface area contributed by atoms with E-state index in [9.17, 15) is 0 Å². The zero-order chi connectivity index (χ0) is 33.1. The molecule has 236 valence electrons. The van der Waals surface area contributed by atoms with Crippen LogP contribution in [0.1, 0.15) is 26.3 Å². The van der Waals surface area contributed by atoms with Gasteiger partial charge in [-0.1, -0.05) is 124 Å². The Morgan fingerprint density at radius 1 is 0.490 bits per heavy atom. The smallest absolute Gasteiger partial charge is 0.159 e. The molecule has 2 aromatic heterocycles. The van der Waals surface area contributed by atoms with E-state index >= 15 is 0 Å². The van der Waals surface area contributed by atoms with Crippen molar-refractivity contribution in [1.82, 2.24) is 4.57 Å². The van der Waals surface area contributed by atoms with Crippen LogP contribution in [-0.4, -0.2) is 4.57 Å². The second-order valence-electron chi connectivity index (χ2n) is 13.8. The van der Waals surface area contributed by atoms with E-state index < -0.39 is 0 Å². The summed E-state index contributed by atoms with van der Waals surface area (Å²) in [5, 5.41) is 4.78. The molecule has 0 atom stereocenters. The number of hydrogen-bond donors (Lipinski definition) is 0. The third-order valence-corrected chi connectivity index (χ3v) is 9.70. The summed E-state index contributed by atoms with van der Waals surface area (Å²) in [5.74, 6) is 0. The summed E-state index contributed by atoms with van der Waals surface area (Å²) in [5.41, 5.74) is 12.1. The molecule has 0 aliphatic rings. The Kier molecular flexibility index (Phi) is 6.70. The monoisotopic (exact) mass is 632 g/mol. The molecule has 0 unspecified atom stereocenters. The van der Waals surface area contributed by atoms with E-state index in [0.717, 1.165) is 44.7 Å². The van der Waals surface area contributed by atoms with Gasteiger partial charge in [0.25, 0.3) is 0 Å². The van der Waals surface area contributed by atoms with Gasteiger partial charge in [0, 0.05) is 32.9 Å². The van der Waals surface area contributed by atoms with Crippen LogP contribution in [0.25, 0.3) is 60.6 Å². The van der Waals surface area contributed by atoms with Crippen LogP contribution in [0.4, 0.5) is 17.1 Å². The summed E-state index contributed by atoms with van der Waals surface area (Å²) in [6.45, 7) is 6.90. The average Bonchev–Trinajstić information content (AvgIpc) is 3.69. The topological polar surface area (TPSA) is 21.3 Å². The van der Waals surface area contributed by atoms with Crippen LogP contribution in [0.5, 0.6) is 0 Å². The van der Waals surface area contributed by atoms with Gasteiger partial charge in [-0.3, -0.25) is 0 Å². The summed E-state index contributed by atoms with van der Waals surface area (Å²) in [6.07, 6.45) is 0. The fourth-order valence-electron chi connectivity index (χ4n) is 7.43. The van der Waals surface area contributed by atoms with Gasteiger partial charge in [0.2, 0.25) is 0 Å². The number of furan rings is 1. The zero-order valence-corrected chi connectivity index (χ0v) is 27.9. The first-order chi connectivity index (χ1) is 24.0. The van der Waals surface area contributed by atoms with Crippen molar-refractivity contribution < 1.29 is 4.42 Å². The Morgan fingerprint density at radius 2 is 1.10 bits per heavy atom. The highest BCUT2D eigenvalue weighted by Crippen LogP contribution is 2.46. The lowest BCUT2D eigenvalue weighted by molar-refractivity contribution is 0.591. The molecule has 49 heavy (non-hydrogen) atoms. The van der Waals surface area contributed by atoms with E-state index in [-0.39, 0.29) is 5.41 Å². The molecule has 0 bridgehead atoms. The molecule has 0 aliphatic heterocycles. The maximum atomic E-state index is 6.59. The molecule has 0 amide bonds. The van der Waals surface area contributed by atoms with Crippen LogP contribution in [0.2, 0.25) is 0 Å². The molecule has 3 heteroatoms. The molecule has 0 N–H and O–H groups in total. The molecule has 0 fully saturated rings.